The van der Waals surface area contributed by atoms with Crippen LogP contribution in [0.2, 0.25) is 0 Å². The number of unbranched alkanes of at least 4 members (excludes halogenated alkanes) is 3. The van der Waals surface area contributed by atoms with E-state index in [0.29, 0.717) is 55.7 Å². The average molecular weight is 872 g/mol. The van der Waals surface area contributed by atoms with Crippen molar-refractivity contribution in [2.24, 2.45) is 5.92 Å². The summed E-state index contributed by atoms with van der Waals surface area (Å²) in [4.78, 5) is 41.5. The average Bonchev–Trinajstić information content (AvgIpc) is 3.29. The molecule has 0 aromatic heterocycles. The molecule has 6 N–H and O–H groups in total. The molecule has 3 fully saturated rings. The molecule has 11 nitrogen and oxygen atoms in total. The standard InChI is InChI=1S/C53H69N5O6/c1-53(2,3)57-51(62)47-29-28-38-15-8-11-21-46(38)58(47)34-43-32-48(39-26-24-36(35-59)25-27-39)64-52(63-43)42-18-13-17-41(31-42)40-16-12-14-37(30-40)33-55-49(60)22-6-4-5-7-23-50(61)56-45-20-10-9-19-44(45)54/h9-10,12-14,16-20,24-27,30-31,38,43,46-48,52,59H,4-8,11,15,21-23,28-29,32-35,54H2,1-3H3,(H,55,60)(H,56,61)(H,57,62)/t38-,43+,46-,47-,48-,52-/m1/s1. The Hall–Kier alpha value is -5.07. The Morgan fingerprint density at radius 1 is 0.750 bits per heavy atom. The number of aliphatic hydroxyl groups excluding tert-OH is 1. The number of aliphatic hydroxyl groups is 1. The topological polar surface area (TPSA) is 155 Å². The maximum Gasteiger partial charge on any atom is 0.237 e. The van der Waals surface area contributed by atoms with Crippen molar-refractivity contribution >= 4 is 29.1 Å². The normalized spacial score (nSPS) is 22.6. The fourth-order valence-electron chi connectivity index (χ4n) is 9.76. The van der Waals surface area contributed by atoms with Gasteiger partial charge in [0.15, 0.2) is 6.29 Å². The van der Waals surface area contributed by atoms with Gasteiger partial charge < -0.3 is 36.3 Å². The van der Waals surface area contributed by atoms with Crippen molar-refractivity contribution in [2.75, 3.05) is 17.6 Å². The molecule has 1 aliphatic carbocycles. The van der Waals surface area contributed by atoms with E-state index in [1.54, 1.807) is 12.1 Å². The van der Waals surface area contributed by atoms with Gasteiger partial charge in [-0.2, -0.15) is 0 Å². The van der Waals surface area contributed by atoms with Gasteiger partial charge in [-0.3, -0.25) is 19.3 Å². The minimum Gasteiger partial charge on any atom is -0.397 e. The van der Waals surface area contributed by atoms with E-state index in [9.17, 15) is 19.5 Å². The summed E-state index contributed by atoms with van der Waals surface area (Å²) < 4.78 is 13.8. The van der Waals surface area contributed by atoms with Crippen LogP contribution in [-0.2, 0) is 37.0 Å². The molecule has 11 heteroatoms. The van der Waals surface area contributed by atoms with Crippen molar-refractivity contribution < 1.29 is 29.0 Å². The predicted octanol–water partition coefficient (Wildman–Crippen LogP) is 9.51. The molecule has 2 saturated heterocycles. The van der Waals surface area contributed by atoms with Crippen LogP contribution >= 0.6 is 0 Å². The van der Waals surface area contributed by atoms with Crippen molar-refractivity contribution in [3.05, 3.63) is 119 Å². The summed E-state index contributed by atoms with van der Waals surface area (Å²) in [6.45, 7) is 7.19. The first-order valence-corrected chi connectivity index (χ1v) is 23.6. The molecule has 342 valence electrons. The SMILES string of the molecule is CC(C)(C)NC(=O)[C@H]1CC[C@H]2CCCC[C@H]2N1C[C@@H]1C[C@H](c2ccc(CO)cc2)O[C@H](c2cccc(-c3cccc(CNC(=O)CCCCCCC(=O)Nc4ccccc4N)c3)c2)O1. The lowest BCUT2D eigenvalue weighted by Gasteiger charge is -2.50. The molecule has 1 saturated carbocycles. The molecule has 0 bridgehead atoms. The molecule has 3 amide bonds. The smallest absolute Gasteiger partial charge is 0.237 e. The van der Waals surface area contributed by atoms with Crippen LogP contribution in [0.15, 0.2) is 97.1 Å². The second-order valence-corrected chi connectivity index (χ2v) is 19.1. The lowest BCUT2D eigenvalue weighted by Crippen LogP contribution is -2.61. The van der Waals surface area contributed by atoms with Crippen LogP contribution in [0, 0.1) is 5.92 Å². The number of amides is 3. The number of nitrogens with one attached hydrogen (secondary N) is 3. The molecule has 0 spiro atoms. The Morgan fingerprint density at radius 2 is 1.47 bits per heavy atom. The fraction of sp³-hybridized carbons (Fsp3) is 0.491. The van der Waals surface area contributed by atoms with Gasteiger partial charge in [-0.1, -0.05) is 98.5 Å². The molecule has 0 radical (unpaired) electrons. The molecule has 4 aromatic rings. The highest BCUT2D eigenvalue weighted by Gasteiger charge is 2.44. The number of nitrogens with two attached hydrogens (primary N) is 1. The van der Waals surface area contributed by atoms with Gasteiger partial charge in [0.1, 0.15) is 0 Å². The van der Waals surface area contributed by atoms with E-state index in [4.69, 9.17) is 15.2 Å². The molecule has 3 aliphatic rings. The number of carbonyl (C=O) groups is 3. The third-order valence-corrected chi connectivity index (χ3v) is 13.0. The van der Waals surface area contributed by atoms with Gasteiger partial charge in [0.25, 0.3) is 0 Å². The van der Waals surface area contributed by atoms with Crippen molar-refractivity contribution in [2.45, 2.75) is 154 Å². The van der Waals surface area contributed by atoms with Crippen LogP contribution in [0.1, 0.15) is 139 Å². The number of likely N-dealkylation sites (tertiary alicyclic amines) is 1. The molecule has 0 unspecified atom stereocenters. The Kier molecular flexibility index (Phi) is 16.3. The van der Waals surface area contributed by atoms with Crippen LogP contribution in [0.4, 0.5) is 11.4 Å². The Labute approximate surface area is 379 Å². The van der Waals surface area contributed by atoms with E-state index in [-0.39, 0.29) is 48.1 Å². The molecule has 2 heterocycles. The van der Waals surface area contributed by atoms with Gasteiger partial charge in [0, 0.05) is 49.5 Å². The second-order valence-electron chi connectivity index (χ2n) is 19.1. The van der Waals surface area contributed by atoms with Crippen LogP contribution in [0.25, 0.3) is 11.1 Å². The van der Waals surface area contributed by atoms with Gasteiger partial charge in [-0.15, -0.1) is 0 Å². The number of ether oxygens (including phenoxy) is 2. The number of benzene rings is 4. The van der Waals surface area contributed by atoms with Crippen LogP contribution in [0.3, 0.4) is 0 Å². The van der Waals surface area contributed by atoms with Crippen LogP contribution < -0.4 is 21.7 Å². The molecule has 6 atom stereocenters. The number of hydrogen-bond donors (Lipinski definition) is 5. The van der Waals surface area contributed by atoms with Crippen LogP contribution in [-0.4, -0.2) is 58.0 Å². The summed E-state index contributed by atoms with van der Waals surface area (Å²) in [6.07, 6.45) is 10.4. The molecule has 2 aliphatic heterocycles. The number of rotatable bonds is 17. The lowest BCUT2D eigenvalue weighted by atomic mass is 9.75. The molecular weight excluding hydrogens is 803 g/mol. The number of carbonyl (C=O) groups excluding carboxylic acids is 3. The summed E-state index contributed by atoms with van der Waals surface area (Å²) in [5.41, 5.74) is 12.6. The maximum atomic E-state index is 13.9. The number of nitrogens with zero attached hydrogens (tertiary/aromatic N) is 1. The zero-order chi connectivity index (χ0) is 45.1. The first-order chi connectivity index (χ1) is 30.9. The van der Waals surface area contributed by atoms with Crippen molar-refractivity contribution in [3.8, 4) is 11.1 Å². The number of hydrogen-bond acceptors (Lipinski definition) is 8. The third-order valence-electron chi connectivity index (χ3n) is 13.0. The Bertz CT molecular complexity index is 2170. The number of para-hydroxylation sites is 2. The predicted molar refractivity (Wildman–Crippen MR) is 253 cm³/mol. The van der Waals surface area contributed by atoms with E-state index in [0.717, 1.165) is 78.3 Å². The zero-order valence-electron chi connectivity index (χ0n) is 38.0. The first kappa shape index (κ1) is 46.9. The number of piperidine rings is 1. The first-order valence-electron chi connectivity index (χ1n) is 23.6. The van der Waals surface area contributed by atoms with Gasteiger partial charge in [0.05, 0.1) is 36.2 Å². The highest BCUT2D eigenvalue weighted by Crippen LogP contribution is 2.42. The Balaban J connectivity index is 0.980. The molecular formula is C53H69N5O6. The van der Waals surface area contributed by atoms with Gasteiger partial charge in [-0.05, 0) is 117 Å². The minimum atomic E-state index is -0.636. The van der Waals surface area contributed by atoms with E-state index < -0.39 is 6.29 Å². The monoisotopic (exact) mass is 872 g/mol. The summed E-state index contributed by atoms with van der Waals surface area (Å²) in [5, 5.41) is 19.0. The third kappa shape index (κ3) is 13.0. The van der Waals surface area contributed by atoms with Gasteiger partial charge in [0.2, 0.25) is 17.7 Å². The second kappa shape index (κ2) is 22.2. The minimum absolute atomic E-state index is 0.0103. The largest absolute Gasteiger partial charge is 0.397 e. The van der Waals surface area contributed by atoms with Crippen molar-refractivity contribution in [1.82, 2.24) is 15.5 Å². The summed E-state index contributed by atoms with van der Waals surface area (Å²) >= 11 is 0. The van der Waals surface area contributed by atoms with E-state index in [1.807, 2.05) is 75.4 Å². The van der Waals surface area contributed by atoms with Crippen LogP contribution in [0.5, 0.6) is 0 Å². The Morgan fingerprint density at radius 3 is 2.22 bits per heavy atom. The van der Waals surface area contributed by atoms with Crippen molar-refractivity contribution in [1.29, 1.82) is 0 Å². The van der Waals surface area contributed by atoms with Gasteiger partial charge >= 0.3 is 0 Å². The number of anilines is 2. The quantitative estimate of drug-likeness (QED) is 0.0519. The van der Waals surface area contributed by atoms with E-state index >= 15 is 0 Å². The number of fused-ring (bicyclic) bond motifs is 1. The summed E-state index contributed by atoms with van der Waals surface area (Å²) in [7, 11) is 0. The van der Waals surface area contributed by atoms with Gasteiger partial charge in [-0.25, -0.2) is 0 Å². The summed E-state index contributed by atoms with van der Waals surface area (Å²) in [6, 6.07) is 31.9. The fourth-order valence-corrected chi connectivity index (χ4v) is 9.76. The van der Waals surface area contributed by atoms with E-state index in [2.05, 4.69) is 51.2 Å². The molecule has 64 heavy (non-hydrogen) atoms. The number of nitrogen functional groups attached to an aromatic ring is 1. The maximum absolute atomic E-state index is 13.9. The van der Waals surface area contributed by atoms with E-state index in [1.165, 1.54) is 19.3 Å². The molecule has 4 aromatic carbocycles. The zero-order valence-corrected chi connectivity index (χ0v) is 38.0. The highest BCUT2D eigenvalue weighted by atomic mass is 16.7. The molecule has 7 rings (SSSR count). The summed E-state index contributed by atoms with van der Waals surface area (Å²) in [5.74, 6) is 0.653. The van der Waals surface area contributed by atoms with Crippen molar-refractivity contribution in [3.63, 3.8) is 0 Å². The lowest BCUT2D eigenvalue weighted by molar-refractivity contribution is -0.255. The highest BCUT2D eigenvalue weighted by molar-refractivity contribution is 5.93.